The highest BCUT2D eigenvalue weighted by Gasteiger charge is 2.45. The molecule has 0 aliphatic heterocycles. The van der Waals surface area contributed by atoms with Crippen LogP contribution in [-0.4, -0.2) is 6.04 Å². The molecule has 1 aromatic rings. The maximum Gasteiger partial charge on any atom is 0.142 e. The molecular formula is C12H15ClFN. The van der Waals surface area contributed by atoms with Crippen molar-refractivity contribution in [2.24, 2.45) is 11.1 Å². The second-order valence-corrected chi connectivity index (χ2v) is 4.92. The SMILES string of the molecule is CC(N)C1(Cc2cccc(F)c2Cl)CC1. The van der Waals surface area contributed by atoms with Crippen molar-refractivity contribution in [3.63, 3.8) is 0 Å². The second-order valence-electron chi connectivity index (χ2n) is 4.54. The molecule has 1 saturated carbocycles. The van der Waals surface area contributed by atoms with Crippen LogP contribution in [0.1, 0.15) is 25.3 Å². The third kappa shape index (κ3) is 2.01. The van der Waals surface area contributed by atoms with Crippen molar-refractivity contribution in [2.75, 3.05) is 0 Å². The first-order chi connectivity index (χ1) is 7.05. The molecule has 1 aliphatic rings. The van der Waals surface area contributed by atoms with E-state index < -0.39 is 0 Å². The van der Waals surface area contributed by atoms with Crippen molar-refractivity contribution in [1.29, 1.82) is 0 Å². The topological polar surface area (TPSA) is 26.0 Å². The van der Waals surface area contributed by atoms with Crippen LogP contribution >= 0.6 is 11.6 Å². The lowest BCUT2D eigenvalue weighted by Gasteiger charge is -2.20. The quantitative estimate of drug-likeness (QED) is 0.844. The smallest absolute Gasteiger partial charge is 0.142 e. The van der Waals surface area contributed by atoms with Crippen molar-refractivity contribution in [1.82, 2.24) is 0 Å². The van der Waals surface area contributed by atoms with Gasteiger partial charge in [-0.3, -0.25) is 0 Å². The third-order valence-electron chi connectivity index (χ3n) is 3.43. The van der Waals surface area contributed by atoms with Gasteiger partial charge in [0.15, 0.2) is 0 Å². The minimum absolute atomic E-state index is 0.150. The third-order valence-corrected chi connectivity index (χ3v) is 3.86. The fourth-order valence-electron chi connectivity index (χ4n) is 2.02. The Hall–Kier alpha value is -0.600. The van der Waals surface area contributed by atoms with Crippen LogP contribution in [0.3, 0.4) is 0 Å². The number of rotatable bonds is 3. The molecule has 0 spiro atoms. The molecule has 82 valence electrons. The van der Waals surface area contributed by atoms with Gasteiger partial charge >= 0.3 is 0 Å². The molecular weight excluding hydrogens is 213 g/mol. The number of halogens is 2. The molecule has 1 aliphatic carbocycles. The highest BCUT2D eigenvalue weighted by Crippen LogP contribution is 2.51. The van der Waals surface area contributed by atoms with Crippen molar-refractivity contribution in [2.45, 2.75) is 32.2 Å². The summed E-state index contributed by atoms with van der Waals surface area (Å²) in [6.45, 7) is 2.01. The van der Waals surface area contributed by atoms with E-state index in [9.17, 15) is 4.39 Å². The van der Waals surface area contributed by atoms with Crippen LogP contribution in [0.15, 0.2) is 18.2 Å². The monoisotopic (exact) mass is 227 g/mol. The molecule has 0 bridgehead atoms. The first kappa shape index (κ1) is 10.9. The van der Waals surface area contributed by atoms with Crippen LogP contribution in [0.25, 0.3) is 0 Å². The van der Waals surface area contributed by atoms with E-state index in [1.807, 2.05) is 13.0 Å². The lowest BCUT2D eigenvalue weighted by Crippen LogP contribution is -2.29. The highest BCUT2D eigenvalue weighted by atomic mass is 35.5. The predicted molar refractivity (Wildman–Crippen MR) is 60.4 cm³/mol. The Morgan fingerprint density at radius 3 is 2.73 bits per heavy atom. The summed E-state index contributed by atoms with van der Waals surface area (Å²) in [5, 5.41) is 0.254. The molecule has 3 heteroatoms. The zero-order valence-corrected chi connectivity index (χ0v) is 9.52. The zero-order chi connectivity index (χ0) is 11.1. The Morgan fingerprint density at radius 2 is 2.20 bits per heavy atom. The van der Waals surface area contributed by atoms with E-state index in [2.05, 4.69) is 0 Å². The molecule has 0 amide bonds. The van der Waals surface area contributed by atoms with Crippen LogP contribution in [0.2, 0.25) is 5.02 Å². The van der Waals surface area contributed by atoms with Gasteiger partial charge in [-0.1, -0.05) is 23.7 Å². The van der Waals surface area contributed by atoms with E-state index in [-0.39, 0.29) is 22.3 Å². The fraction of sp³-hybridized carbons (Fsp3) is 0.500. The molecule has 0 saturated heterocycles. The Balaban J connectivity index is 2.22. The van der Waals surface area contributed by atoms with Gasteiger partial charge in [-0.15, -0.1) is 0 Å². The number of hydrogen-bond donors (Lipinski definition) is 1. The van der Waals surface area contributed by atoms with Crippen LogP contribution in [0.5, 0.6) is 0 Å². The van der Waals surface area contributed by atoms with Gasteiger partial charge in [-0.05, 0) is 43.2 Å². The largest absolute Gasteiger partial charge is 0.327 e. The molecule has 0 aromatic heterocycles. The molecule has 0 heterocycles. The molecule has 2 N–H and O–H groups in total. The van der Waals surface area contributed by atoms with Gasteiger partial charge in [0.25, 0.3) is 0 Å². The van der Waals surface area contributed by atoms with Gasteiger partial charge in [0.05, 0.1) is 5.02 Å². The maximum absolute atomic E-state index is 13.2. The van der Waals surface area contributed by atoms with Crippen LogP contribution in [-0.2, 0) is 6.42 Å². The van der Waals surface area contributed by atoms with E-state index >= 15 is 0 Å². The minimum Gasteiger partial charge on any atom is -0.327 e. The van der Waals surface area contributed by atoms with E-state index in [4.69, 9.17) is 17.3 Å². The average molecular weight is 228 g/mol. The summed E-state index contributed by atoms with van der Waals surface area (Å²) in [6.07, 6.45) is 3.04. The highest BCUT2D eigenvalue weighted by molar-refractivity contribution is 6.31. The lowest BCUT2D eigenvalue weighted by atomic mass is 9.90. The Morgan fingerprint density at radius 1 is 1.53 bits per heavy atom. The average Bonchev–Trinajstić information content (AvgIpc) is 2.94. The van der Waals surface area contributed by atoms with Crippen molar-refractivity contribution in [3.8, 4) is 0 Å². The Bertz CT molecular complexity index is 372. The molecule has 1 fully saturated rings. The second kappa shape index (κ2) is 3.76. The molecule has 1 atom stereocenters. The molecule has 2 rings (SSSR count). The van der Waals surface area contributed by atoms with Crippen molar-refractivity contribution >= 4 is 11.6 Å². The Labute approximate surface area is 94.4 Å². The lowest BCUT2D eigenvalue weighted by molar-refractivity contribution is 0.418. The summed E-state index contributed by atoms with van der Waals surface area (Å²) in [7, 11) is 0. The van der Waals surface area contributed by atoms with Crippen LogP contribution < -0.4 is 5.73 Å². The van der Waals surface area contributed by atoms with Gasteiger partial charge in [-0.25, -0.2) is 4.39 Å². The molecule has 15 heavy (non-hydrogen) atoms. The Kier molecular flexibility index (Phi) is 2.73. The molecule has 1 nitrogen and oxygen atoms in total. The molecule has 1 aromatic carbocycles. The number of nitrogens with two attached hydrogens (primary N) is 1. The fourth-order valence-corrected chi connectivity index (χ4v) is 2.21. The van der Waals surface area contributed by atoms with Crippen molar-refractivity contribution < 1.29 is 4.39 Å². The summed E-state index contributed by atoms with van der Waals surface area (Å²) in [5.41, 5.74) is 6.98. The minimum atomic E-state index is -0.338. The first-order valence-electron chi connectivity index (χ1n) is 5.24. The van der Waals surface area contributed by atoms with Gasteiger partial charge in [-0.2, -0.15) is 0 Å². The van der Waals surface area contributed by atoms with Gasteiger partial charge in [0.1, 0.15) is 5.82 Å². The van der Waals surface area contributed by atoms with Crippen LogP contribution in [0, 0.1) is 11.2 Å². The number of benzene rings is 1. The van der Waals surface area contributed by atoms with E-state index in [1.165, 1.54) is 6.07 Å². The maximum atomic E-state index is 13.2. The van der Waals surface area contributed by atoms with E-state index in [1.54, 1.807) is 6.07 Å². The summed E-state index contributed by atoms with van der Waals surface area (Å²) in [6, 6.07) is 5.12. The van der Waals surface area contributed by atoms with Crippen LogP contribution in [0.4, 0.5) is 4.39 Å². The standard InChI is InChI=1S/C12H15ClFN/c1-8(15)12(5-6-12)7-9-3-2-4-10(14)11(9)13/h2-4,8H,5-7,15H2,1H3. The van der Waals surface area contributed by atoms with Gasteiger partial charge in [0, 0.05) is 6.04 Å². The predicted octanol–water partition coefficient (Wildman–Crippen LogP) is 3.15. The summed E-state index contributed by atoms with van der Waals surface area (Å²) < 4.78 is 13.2. The van der Waals surface area contributed by atoms with Gasteiger partial charge < -0.3 is 5.73 Å². The molecule has 0 radical (unpaired) electrons. The first-order valence-corrected chi connectivity index (χ1v) is 5.61. The van der Waals surface area contributed by atoms with E-state index in [0.717, 1.165) is 24.8 Å². The number of hydrogen-bond acceptors (Lipinski definition) is 1. The summed E-state index contributed by atoms with van der Waals surface area (Å²) in [4.78, 5) is 0. The van der Waals surface area contributed by atoms with Crippen molar-refractivity contribution in [3.05, 3.63) is 34.6 Å². The normalized spacial score (nSPS) is 20.0. The van der Waals surface area contributed by atoms with Gasteiger partial charge in [0.2, 0.25) is 0 Å². The summed E-state index contributed by atoms with van der Waals surface area (Å²) in [5.74, 6) is -0.338. The summed E-state index contributed by atoms with van der Waals surface area (Å²) >= 11 is 5.92. The molecule has 1 unspecified atom stereocenters. The zero-order valence-electron chi connectivity index (χ0n) is 8.76. The van der Waals surface area contributed by atoms with E-state index in [0.29, 0.717) is 0 Å².